The number of nitrogens with one attached hydrogen (secondary N) is 1. The molecule has 1 atom stereocenters. The third kappa shape index (κ3) is 5.63. The number of nitrogens with zero attached hydrogens (tertiary/aromatic N) is 4. The van der Waals surface area contributed by atoms with Crippen LogP contribution in [0.5, 0.6) is 5.75 Å². The minimum Gasteiger partial charge on any atom is -0.506 e. The zero-order valence-electron chi connectivity index (χ0n) is 18.5. The Hall–Kier alpha value is -2.00. The molecule has 2 aromatic rings. The molecule has 2 heterocycles. The summed E-state index contributed by atoms with van der Waals surface area (Å²) in [5.41, 5.74) is 3.87. The highest BCUT2D eigenvalue weighted by Crippen LogP contribution is 2.27. The van der Waals surface area contributed by atoms with Gasteiger partial charge in [-0.25, -0.2) is 0 Å². The smallest absolute Gasteiger partial charge is 0.193 e. The molecule has 0 bridgehead atoms. The first-order valence-corrected chi connectivity index (χ1v) is 10.9. The molecular formula is C24H34IN5O. The largest absolute Gasteiger partial charge is 0.506 e. The summed E-state index contributed by atoms with van der Waals surface area (Å²) in [6, 6.07) is 16.8. The van der Waals surface area contributed by atoms with Gasteiger partial charge in [0.1, 0.15) is 5.75 Å². The van der Waals surface area contributed by atoms with Gasteiger partial charge in [0.25, 0.3) is 0 Å². The van der Waals surface area contributed by atoms with Gasteiger partial charge in [-0.3, -0.25) is 9.89 Å². The van der Waals surface area contributed by atoms with E-state index in [9.17, 15) is 5.11 Å². The Morgan fingerprint density at radius 2 is 1.68 bits per heavy atom. The molecule has 2 aliphatic rings. The Labute approximate surface area is 203 Å². The summed E-state index contributed by atoms with van der Waals surface area (Å²) in [5, 5.41) is 13.7. The normalized spacial score (nSPS) is 18.2. The number of benzene rings is 2. The van der Waals surface area contributed by atoms with E-state index in [-0.39, 0.29) is 24.0 Å². The third-order valence-electron chi connectivity index (χ3n) is 6.35. The van der Waals surface area contributed by atoms with E-state index in [2.05, 4.69) is 56.2 Å². The van der Waals surface area contributed by atoms with Crippen molar-refractivity contribution in [2.45, 2.75) is 25.9 Å². The molecular weight excluding hydrogens is 501 g/mol. The van der Waals surface area contributed by atoms with E-state index in [0.29, 0.717) is 11.8 Å². The highest BCUT2D eigenvalue weighted by atomic mass is 127. The lowest BCUT2D eigenvalue weighted by molar-refractivity contribution is 0.190. The van der Waals surface area contributed by atoms with Crippen LogP contribution < -0.4 is 10.2 Å². The van der Waals surface area contributed by atoms with Crippen LogP contribution in [0, 0.1) is 0 Å². The number of halogens is 1. The molecule has 0 radical (unpaired) electrons. The molecule has 2 aliphatic heterocycles. The van der Waals surface area contributed by atoms with Crippen LogP contribution in [-0.4, -0.2) is 73.2 Å². The average Bonchev–Trinajstić information content (AvgIpc) is 2.80. The first kappa shape index (κ1) is 23.7. The highest BCUT2D eigenvalue weighted by Gasteiger charge is 2.23. The van der Waals surface area contributed by atoms with Crippen LogP contribution in [0.1, 0.15) is 18.1 Å². The molecule has 0 saturated carbocycles. The van der Waals surface area contributed by atoms with Gasteiger partial charge in [0.05, 0.1) is 5.69 Å². The predicted octanol–water partition coefficient (Wildman–Crippen LogP) is 3.15. The number of aromatic hydroxyl groups is 1. The number of piperazine rings is 1. The first-order chi connectivity index (χ1) is 14.7. The SMILES string of the molecule is CN=C(NCC(C)N1CCc2ccccc2C1)N1CCN(c2ccccc2O)CC1.I. The highest BCUT2D eigenvalue weighted by molar-refractivity contribution is 14.0. The Kier molecular flexibility index (Phi) is 8.43. The maximum atomic E-state index is 10.1. The van der Waals surface area contributed by atoms with Crippen molar-refractivity contribution < 1.29 is 5.11 Å². The van der Waals surface area contributed by atoms with Crippen LogP contribution >= 0.6 is 24.0 Å². The molecule has 0 amide bonds. The number of fused-ring (bicyclic) bond motifs is 1. The van der Waals surface area contributed by atoms with E-state index in [1.807, 2.05) is 25.2 Å². The Balaban J connectivity index is 0.00000272. The van der Waals surface area contributed by atoms with Crippen molar-refractivity contribution in [1.82, 2.24) is 15.1 Å². The number of guanidine groups is 1. The quantitative estimate of drug-likeness (QED) is 0.358. The van der Waals surface area contributed by atoms with Crippen molar-refractivity contribution >= 4 is 35.6 Å². The molecule has 31 heavy (non-hydrogen) atoms. The molecule has 0 spiro atoms. The summed E-state index contributed by atoms with van der Waals surface area (Å²) in [6.45, 7) is 8.83. The average molecular weight is 535 g/mol. The van der Waals surface area contributed by atoms with Crippen LogP contribution in [0.15, 0.2) is 53.5 Å². The monoisotopic (exact) mass is 535 g/mol. The van der Waals surface area contributed by atoms with Gasteiger partial charge in [-0.2, -0.15) is 0 Å². The van der Waals surface area contributed by atoms with Crippen molar-refractivity contribution in [3.8, 4) is 5.75 Å². The number of anilines is 1. The zero-order chi connectivity index (χ0) is 20.9. The van der Waals surface area contributed by atoms with Gasteiger partial charge in [0.15, 0.2) is 5.96 Å². The maximum Gasteiger partial charge on any atom is 0.193 e. The molecule has 6 nitrogen and oxygen atoms in total. The summed E-state index contributed by atoms with van der Waals surface area (Å²) < 4.78 is 0. The number of para-hydroxylation sites is 2. The molecule has 0 aliphatic carbocycles. The lowest BCUT2D eigenvalue weighted by Gasteiger charge is -2.39. The van der Waals surface area contributed by atoms with Gasteiger partial charge >= 0.3 is 0 Å². The number of rotatable bonds is 4. The molecule has 168 valence electrons. The molecule has 7 heteroatoms. The molecule has 0 aromatic heterocycles. The molecule has 1 unspecified atom stereocenters. The minimum atomic E-state index is 0. The van der Waals surface area contributed by atoms with Crippen LogP contribution in [0.4, 0.5) is 5.69 Å². The van der Waals surface area contributed by atoms with Gasteiger partial charge in [-0.1, -0.05) is 36.4 Å². The third-order valence-corrected chi connectivity index (χ3v) is 6.35. The van der Waals surface area contributed by atoms with Crippen LogP contribution in [0.3, 0.4) is 0 Å². The van der Waals surface area contributed by atoms with E-state index in [0.717, 1.165) is 63.9 Å². The topological polar surface area (TPSA) is 54.3 Å². The minimum absolute atomic E-state index is 0. The number of phenolic OH excluding ortho intramolecular Hbond substituents is 1. The fourth-order valence-corrected chi connectivity index (χ4v) is 4.48. The summed E-state index contributed by atoms with van der Waals surface area (Å²) in [6.07, 6.45) is 1.13. The van der Waals surface area contributed by atoms with E-state index in [1.165, 1.54) is 11.1 Å². The van der Waals surface area contributed by atoms with Gasteiger partial charge < -0.3 is 20.2 Å². The molecule has 2 aromatic carbocycles. The van der Waals surface area contributed by atoms with Gasteiger partial charge in [-0.15, -0.1) is 24.0 Å². The lowest BCUT2D eigenvalue weighted by Crippen LogP contribution is -2.54. The standard InChI is InChI=1S/C24H33N5O.HI/c1-19(29-12-11-20-7-3-4-8-21(20)18-29)17-26-24(25-2)28-15-13-27(14-16-28)22-9-5-6-10-23(22)30;/h3-10,19,30H,11-18H2,1-2H3,(H,25,26);1H. The van der Waals surface area contributed by atoms with Crippen LogP contribution in [0.2, 0.25) is 0 Å². The molecule has 2 N–H and O–H groups in total. The Morgan fingerprint density at radius 3 is 2.39 bits per heavy atom. The van der Waals surface area contributed by atoms with Gasteiger partial charge in [0, 0.05) is 58.9 Å². The van der Waals surface area contributed by atoms with Gasteiger partial charge in [-0.05, 0) is 36.6 Å². The summed E-state index contributed by atoms with van der Waals surface area (Å²) in [4.78, 5) is 11.6. The fourth-order valence-electron chi connectivity index (χ4n) is 4.48. The number of hydrogen-bond donors (Lipinski definition) is 2. The summed E-state index contributed by atoms with van der Waals surface area (Å²) >= 11 is 0. The van der Waals surface area contributed by atoms with Crippen molar-refractivity contribution in [2.75, 3.05) is 51.2 Å². The van der Waals surface area contributed by atoms with Gasteiger partial charge in [0.2, 0.25) is 0 Å². The molecule has 1 fully saturated rings. The Morgan fingerprint density at radius 1 is 1.00 bits per heavy atom. The maximum absolute atomic E-state index is 10.1. The second-order valence-electron chi connectivity index (χ2n) is 8.23. The predicted molar refractivity (Wildman–Crippen MR) is 139 cm³/mol. The van der Waals surface area contributed by atoms with E-state index in [1.54, 1.807) is 6.07 Å². The summed E-state index contributed by atoms with van der Waals surface area (Å²) in [7, 11) is 1.86. The second-order valence-corrected chi connectivity index (χ2v) is 8.23. The van der Waals surface area contributed by atoms with Crippen molar-refractivity contribution in [2.24, 2.45) is 4.99 Å². The Bertz CT molecular complexity index is 882. The van der Waals surface area contributed by atoms with Crippen LogP contribution in [-0.2, 0) is 13.0 Å². The van der Waals surface area contributed by atoms with Crippen LogP contribution in [0.25, 0.3) is 0 Å². The molecule has 1 saturated heterocycles. The number of aliphatic imine (C=N–C) groups is 1. The number of phenols is 1. The van der Waals surface area contributed by atoms with E-state index < -0.39 is 0 Å². The molecule has 4 rings (SSSR count). The lowest BCUT2D eigenvalue weighted by atomic mass is 9.99. The number of hydrogen-bond acceptors (Lipinski definition) is 4. The summed E-state index contributed by atoms with van der Waals surface area (Å²) in [5.74, 6) is 1.32. The van der Waals surface area contributed by atoms with Crippen molar-refractivity contribution in [3.05, 3.63) is 59.7 Å². The van der Waals surface area contributed by atoms with E-state index in [4.69, 9.17) is 0 Å². The fraction of sp³-hybridized carbons (Fsp3) is 0.458. The van der Waals surface area contributed by atoms with Crippen molar-refractivity contribution in [1.29, 1.82) is 0 Å². The first-order valence-electron chi connectivity index (χ1n) is 10.9. The van der Waals surface area contributed by atoms with E-state index >= 15 is 0 Å². The second kappa shape index (κ2) is 11.0. The zero-order valence-corrected chi connectivity index (χ0v) is 20.8. The van der Waals surface area contributed by atoms with Crippen molar-refractivity contribution in [3.63, 3.8) is 0 Å².